The zero-order valence-electron chi connectivity index (χ0n) is 20.0. The fourth-order valence-corrected chi connectivity index (χ4v) is 5.56. The van der Waals surface area contributed by atoms with E-state index in [9.17, 15) is 43.2 Å². The Morgan fingerprint density at radius 2 is 1.77 bits per heavy atom. The second-order valence-corrected chi connectivity index (χ2v) is 12.0. The molecular formula is C16H23N4O17P3. The first-order chi connectivity index (χ1) is 18.3. The first-order valence-corrected chi connectivity index (χ1v) is 15.0. The zero-order chi connectivity index (χ0) is 30.5. The molecule has 6 unspecified atom stereocenters. The van der Waals surface area contributed by atoms with Crippen LogP contribution in [0.2, 0.25) is 0 Å². The summed E-state index contributed by atoms with van der Waals surface area (Å²) in [6, 6.07) is 0. The Morgan fingerprint density at radius 1 is 1.12 bits per heavy atom. The molecule has 6 atom stereocenters. The molecule has 9 N–H and O–H groups in total. The third-order valence-corrected chi connectivity index (χ3v) is 8.00. The van der Waals surface area contributed by atoms with E-state index >= 15 is 0 Å². The number of hydrogen-bond donors (Lipinski definition) is 8. The van der Waals surface area contributed by atoms with Gasteiger partial charge in [0.1, 0.15) is 23.8 Å². The van der Waals surface area contributed by atoms with Crippen molar-refractivity contribution in [2.24, 2.45) is 0 Å². The number of hydrogen-bond acceptors (Lipinski definition) is 15. The maximum atomic E-state index is 12.3. The summed E-state index contributed by atoms with van der Waals surface area (Å²) in [7, 11) is -17.3. The zero-order valence-corrected chi connectivity index (χ0v) is 22.7. The quantitative estimate of drug-likeness (QED) is 0.0509. The van der Waals surface area contributed by atoms with Gasteiger partial charge in [-0.05, 0) is 6.92 Å². The highest BCUT2D eigenvalue weighted by Crippen LogP contribution is 2.66. The number of phosphoric acid groups is 3. The highest BCUT2D eigenvalue weighted by molar-refractivity contribution is 7.66. The Hall–Kier alpha value is -2.37. The van der Waals surface area contributed by atoms with Crippen molar-refractivity contribution in [3.63, 3.8) is 0 Å². The Kier molecular flexibility index (Phi) is 11.4. The van der Waals surface area contributed by atoms with Crippen molar-refractivity contribution < 1.29 is 76.0 Å². The van der Waals surface area contributed by atoms with Gasteiger partial charge in [-0.15, -0.1) is 4.67 Å². The number of carbonyl (C=O) groups is 2. The van der Waals surface area contributed by atoms with E-state index in [1.54, 1.807) is 0 Å². The van der Waals surface area contributed by atoms with E-state index in [-0.39, 0.29) is 36.6 Å². The molecule has 2 heterocycles. The third kappa shape index (κ3) is 10.6. The summed E-state index contributed by atoms with van der Waals surface area (Å²) < 4.78 is 50.3. The largest absolute Gasteiger partial charge is 0.508 e. The molecule has 2 rings (SSSR count). The maximum absolute atomic E-state index is 12.3. The molecule has 0 bridgehead atoms. The van der Waals surface area contributed by atoms with Crippen LogP contribution in [0, 0.1) is 11.8 Å². The minimum atomic E-state index is -5.88. The average Bonchev–Trinajstić information content (AvgIpc) is 3.06. The number of nitrogens with one attached hydrogen (secondary N) is 1. The minimum Gasteiger partial charge on any atom is -0.385 e. The number of anilines is 1. The number of aliphatic hydroxyl groups excluding tert-OH is 2. The van der Waals surface area contributed by atoms with E-state index in [4.69, 9.17) is 25.2 Å². The summed E-state index contributed by atoms with van der Waals surface area (Å²) in [4.78, 5) is 78.2. The topological polar surface area (TPSA) is 326 Å². The normalized spacial score (nSPS) is 23.9. The number of nitrogens with zero attached hydrogens (tertiary/aromatic N) is 2. The molecule has 40 heavy (non-hydrogen) atoms. The van der Waals surface area contributed by atoms with Gasteiger partial charge < -0.3 is 50.4 Å². The smallest absolute Gasteiger partial charge is 0.385 e. The molecule has 21 nitrogen and oxygen atoms in total. The first-order valence-electron chi connectivity index (χ1n) is 10.4. The second kappa shape index (κ2) is 13.5. The van der Waals surface area contributed by atoms with Crippen molar-refractivity contribution in [2.75, 3.05) is 12.3 Å². The standard InChI is InChI=1S/C16H23N4O17P3/c1-8(21)4-5-10(22)18-6-2-3-9-7-20(16(25)19-13(9)17)14-11(23)12(24)15(33-14)34-35-39(29,30)37-40(31,32)36-38(26,27)28/h7,11-12,14-15,23-24H,4-6H2,1H3,(H,18,22)(H,29,30)(H,31,32)(H2,17,19,25)(H2,26,27,28). The number of nitrogen functional groups attached to an aromatic ring is 1. The van der Waals surface area contributed by atoms with Gasteiger partial charge >= 0.3 is 29.2 Å². The van der Waals surface area contributed by atoms with Gasteiger partial charge in [-0.25, -0.2) is 18.5 Å². The number of ketones is 1. The lowest BCUT2D eigenvalue weighted by Crippen LogP contribution is -2.36. The van der Waals surface area contributed by atoms with E-state index in [1.165, 1.54) is 6.92 Å². The predicted molar refractivity (Wildman–Crippen MR) is 125 cm³/mol. The predicted octanol–water partition coefficient (Wildman–Crippen LogP) is -2.49. The lowest BCUT2D eigenvalue weighted by atomic mass is 10.2. The number of ether oxygens (including phenoxy) is 1. The van der Waals surface area contributed by atoms with Crippen LogP contribution in [0.4, 0.5) is 5.82 Å². The van der Waals surface area contributed by atoms with Crippen LogP contribution in [-0.2, 0) is 46.2 Å². The number of Topliss-reactive ketones (excluding diaryl/α,β-unsaturated/α-hetero) is 1. The molecule has 1 aromatic heterocycles. The molecule has 1 aromatic rings. The van der Waals surface area contributed by atoms with E-state index in [0.717, 1.165) is 6.20 Å². The Morgan fingerprint density at radius 3 is 2.38 bits per heavy atom. The Bertz CT molecular complexity index is 1380. The minimum absolute atomic E-state index is 0.0442. The van der Waals surface area contributed by atoms with Gasteiger partial charge in [0.2, 0.25) is 12.2 Å². The molecule has 224 valence electrons. The molecule has 1 aliphatic heterocycles. The van der Waals surface area contributed by atoms with Crippen LogP contribution < -0.4 is 16.7 Å². The van der Waals surface area contributed by atoms with Crippen LogP contribution in [0.3, 0.4) is 0 Å². The Labute approximate surface area is 223 Å². The van der Waals surface area contributed by atoms with Gasteiger partial charge in [-0.3, -0.25) is 9.36 Å². The summed E-state index contributed by atoms with van der Waals surface area (Å²) in [5.41, 5.74) is 4.44. The molecule has 24 heteroatoms. The number of aliphatic hydroxyl groups is 2. The summed E-state index contributed by atoms with van der Waals surface area (Å²) in [6.45, 7) is 1.15. The van der Waals surface area contributed by atoms with E-state index < -0.39 is 59.8 Å². The molecule has 1 amide bonds. The fraction of sp³-hybridized carbons (Fsp3) is 0.500. The SMILES string of the molecule is CC(=O)CCC(=O)NCC#Cc1cn(C2OC(OOP(=O)(O)OP(=O)(O)OP(=O)(O)O)C(O)C2O)c(=O)nc1N. The van der Waals surface area contributed by atoms with Crippen molar-refractivity contribution in [3.05, 3.63) is 22.2 Å². The molecule has 0 aliphatic carbocycles. The molecule has 0 saturated carbocycles. The highest BCUT2D eigenvalue weighted by Gasteiger charge is 2.48. The number of amides is 1. The molecular weight excluding hydrogens is 613 g/mol. The highest BCUT2D eigenvalue weighted by atomic mass is 31.3. The summed E-state index contributed by atoms with van der Waals surface area (Å²) >= 11 is 0. The molecule has 1 aliphatic rings. The van der Waals surface area contributed by atoms with Crippen molar-refractivity contribution in [3.8, 4) is 11.8 Å². The number of rotatable bonds is 12. The first kappa shape index (κ1) is 33.8. The third-order valence-electron chi connectivity index (χ3n) is 4.40. The average molecular weight is 636 g/mol. The molecule has 1 saturated heterocycles. The van der Waals surface area contributed by atoms with Crippen LogP contribution in [0.1, 0.15) is 31.6 Å². The Balaban J connectivity index is 2.10. The monoisotopic (exact) mass is 636 g/mol. The van der Waals surface area contributed by atoms with E-state index in [0.29, 0.717) is 4.57 Å². The van der Waals surface area contributed by atoms with Gasteiger partial charge in [0, 0.05) is 19.0 Å². The van der Waals surface area contributed by atoms with Crippen LogP contribution in [0.5, 0.6) is 0 Å². The van der Waals surface area contributed by atoms with Crippen LogP contribution >= 0.6 is 23.5 Å². The lowest BCUT2D eigenvalue weighted by Gasteiger charge is -2.18. The molecule has 0 radical (unpaired) electrons. The fourth-order valence-electron chi connectivity index (χ4n) is 2.75. The summed E-state index contributed by atoms with van der Waals surface area (Å²) in [5, 5.41) is 22.8. The van der Waals surface area contributed by atoms with Crippen molar-refractivity contribution in [1.82, 2.24) is 14.9 Å². The summed E-state index contributed by atoms with van der Waals surface area (Å²) in [6.07, 6.45) is -7.08. The van der Waals surface area contributed by atoms with E-state index in [1.807, 2.05) is 0 Å². The lowest BCUT2D eigenvalue weighted by molar-refractivity contribution is -0.340. The van der Waals surface area contributed by atoms with Gasteiger partial charge in [0.05, 0.1) is 12.1 Å². The van der Waals surface area contributed by atoms with Gasteiger partial charge in [-0.1, -0.05) is 11.8 Å². The number of aromatic nitrogens is 2. The van der Waals surface area contributed by atoms with Crippen LogP contribution in [0.25, 0.3) is 0 Å². The van der Waals surface area contributed by atoms with Gasteiger partial charge in [-0.2, -0.15) is 18.5 Å². The summed E-state index contributed by atoms with van der Waals surface area (Å²) in [5.74, 6) is 4.05. The van der Waals surface area contributed by atoms with Gasteiger partial charge in [0.15, 0.2) is 6.23 Å². The molecule has 1 fully saturated rings. The van der Waals surface area contributed by atoms with Crippen molar-refractivity contribution in [2.45, 2.75) is 44.5 Å². The van der Waals surface area contributed by atoms with Crippen molar-refractivity contribution in [1.29, 1.82) is 0 Å². The maximum Gasteiger partial charge on any atom is 0.508 e. The molecule has 0 spiro atoms. The number of carbonyl (C=O) groups excluding carboxylic acids is 2. The van der Waals surface area contributed by atoms with Crippen molar-refractivity contribution >= 4 is 41.0 Å². The number of nitrogens with two attached hydrogens (primary N) is 1. The van der Waals surface area contributed by atoms with E-state index in [2.05, 4.69) is 40.3 Å². The second-order valence-electron chi connectivity index (χ2n) is 7.65. The van der Waals surface area contributed by atoms with Gasteiger partial charge in [0.25, 0.3) is 0 Å². The van der Waals surface area contributed by atoms with Crippen LogP contribution in [0.15, 0.2) is 11.0 Å². The molecule has 0 aromatic carbocycles. The van der Waals surface area contributed by atoms with Crippen LogP contribution in [-0.4, -0.2) is 76.1 Å².